The molecule has 0 unspecified atom stereocenters. The lowest BCUT2D eigenvalue weighted by atomic mass is 9.97. The molecule has 2 aliphatic heterocycles. The first-order chi connectivity index (χ1) is 14.1. The first-order valence-electron chi connectivity index (χ1n) is 9.80. The summed E-state index contributed by atoms with van der Waals surface area (Å²) in [5.41, 5.74) is 1.01. The number of para-hydroxylation sites is 1. The molecule has 1 N–H and O–H groups in total. The van der Waals surface area contributed by atoms with Crippen LogP contribution in [-0.2, 0) is 9.47 Å². The van der Waals surface area contributed by atoms with E-state index in [2.05, 4.69) is 21.0 Å². The lowest BCUT2D eigenvalue weighted by Crippen LogP contribution is -2.46. The molecular formula is C20H24N4O4S. The van der Waals surface area contributed by atoms with E-state index >= 15 is 0 Å². The van der Waals surface area contributed by atoms with E-state index in [1.54, 1.807) is 7.11 Å². The van der Waals surface area contributed by atoms with Gasteiger partial charge in [0.2, 0.25) is 10.8 Å². The third kappa shape index (κ3) is 3.18. The molecule has 5 rings (SSSR count). The first-order valence-corrected chi connectivity index (χ1v) is 10.6. The van der Waals surface area contributed by atoms with Crippen LogP contribution in [0.2, 0.25) is 0 Å². The molecule has 0 saturated carbocycles. The van der Waals surface area contributed by atoms with Crippen molar-refractivity contribution < 1.29 is 19.3 Å². The molecule has 0 aliphatic carbocycles. The number of hydrogen-bond acceptors (Lipinski definition) is 8. The fraction of sp³-hybridized carbons (Fsp3) is 0.500. The second-order valence-corrected chi connectivity index (χ2v) is 8.44. The Bertz CT molecular complexity index is 1020. The predicted molar refractivity (Wildman–Crippen MR) is 108 cm³/mol. The molecule has 0 radical (unpaired) electrons. The highest BCUT2D eigenvalue weighted by Crippen LogP contribution is 2.45. The molecule has 0 bridgehead atoms. The van der Waals surface area contributed by atoms with Crippen molar-refractivity contribution in [2.24, 2.45) is 0 Å². The molecule has 4 heterocycles. The molecule has 9 heteroatoms. The smallest absolute Gasteiger partial charge is 0.230 e. The number of aromatic hydroxyl groups is 1. The van der Waals surface area contributed by atoms with E-state index in [0.717, 1.165) is 42.1 Å². The number of ether oxygens (including phenoxy) is 3. The largest absolute Gasteiger partial charge is 0.496 e. The summed E-state index contributed by atoms with van der Waals surface area (Å²) in [5, 5.41) is 15.3. The summed E-state index contributed by atoms with van der Waals surface area (Å²) >= 11 is 1.46. The maximum absolute atomic E-state index is 11.0. The van der Waals surface area contributed by atoms with Crippen molar-refractivity contribution in [3.8, 4) is 11.6 Å². The zero-order valence-electron chi connectivity index (χ0n) is 16.5. The van der Waals surface area contributed by atoms with Gasteiger partial charge in [-0.25, -0.2) is 4.98 Å². The third-order valence-corrected chi connectivity index (χ3v) is 6.80. The van der Waals surface area contributed by atoms with Crippen molar-refractivity contribution in [1.29, 1.82) is 0 Å². The van der Waals surface area contributed by atoms with Crippen molar-refractivity contribution in [1.82, 2.24) is 19.5 Å². The summed E-state index contributed by atoms with van der Waals surface area (Å²) in [6.45, 7) is 4.71. The SMILES string of the molecule is COc1ccccc1[C@@H](c1sc2nc(C)nn2c1O)N1CCC2(CC1)OCCO2. The lowest BCUT2D eigenvalue weighted by molar-refractivity contribution is -0.187. The Kier molecular flexibility index (Phi) is 4.70. The molecule has 0 amide bonds. The Labute approximate surface area is 172 Å². The van der Waals surface area contributed by atoms with Crippen LogP contribution < -0.4 is 4.74 Å². The van der Waals surface area contributed by atoms with E-state index in [4.69, 9.17) is 14.2 Å². The summed E-state index contributed by atoms with van der Waals surface area (Å²) in [4.78, 5) is 8.29. The molecule has 2 aliphatic rings. The molecule has 29 heavy (non-hydrogen) atoms. The summed E-state index contributed by atoms with van der Waals surface area (Å²) in [6.07, 6.45) is 1.58. The number of nitrogens with zero attached hydrogens (tertiary/aromatic N) is 4. The van der Waals surface area contributed by atoms with Crippen LogP contribution in [0.1, 0.15) is 35.1 Å². The zero-order chi connectivity index (χ0) is 20.0. The summed E-state index contributed by atoms with van der Waals surface area (Å²) < 4.78 is 19.0. The molecule has 1 aromatic carbocycles. The van der Waals surface area contributed by atoms with Gasteiger partial charge in [-0.2, -0.15) is 4.52 Å². The summed E-state index contributed by atoms with van der Waals surface area (Å²) in [7, 11) is 1.67. The number of thiazole rings is 1. The summed E-state index contributed by atoms with van der Waals surface area (Å²) in [6, 6.07) is 7.79. The summed E-state index contributed by atoms with van der Waals surface area (Å²) in [5.74, 6) is 1.12. The van der Waals surface area contributed by atoms with E-state index in [1.165, 1.54) is 15.9 Å². The Balaban J connectivity index is 1.56. The molecule has 154 valence electrons. The van der Waals surface area contributed by atoms with Crippen LogP contribution in [0.4, 0.5) is 0 Å². The predicted octanol–water partition coefficient (Wildman–Crippen LogP) is 2.74. The van der Waals surface area contributed by atoms with Gasteiger partial charge in [-0.1, -0.05) is 29.5 Å². The lowest BCUT2D eigenvalue weighted by Gasteiger charge is -2.41. The van der Waals surface area contributed by atoms with Crippen molar-refractivity contribution in [3.63, 3.8) is 0 Å². The minimum Gasteiger partial charge on any atom is -0.496 e. The number of aromatic nitrogens is 3. The van der Waals surface area contributed by atoms with E-state index in [-0.39, 0.29) is 11.9 Å². The van der Waals surface area contributed by atoms with E-state index in [9.17, 15) is 5.11 Å². The average molecular weight is 417 g/mol. The Hall–Kier alpha value is -2.20. The number of benzene rings is 1. The van der Waals surface area contributed by atoms with Gasteiger partial charge in [0.05, 0.1) is 31.2 Å². The highest BCUT2D eigenvalue weighted by molar-refractivity contribution is 7.17. The number of aryl methyl sites for hydroxylation is 1. The number of methoxy groups -OCH3 is 1. The van der Waals surface area contributed by atoms with Gasteiger partial charge in [0.25, 0.3) is 0 Å². The third-order valence-electron chi connectivity index (χ3n) is 5.73. The van der Waals surface area contributed by atoms with Gasteiger partial charge in [-0.3, -0.25) is 4.90 Å². The van der Waals surface area contributed by atoms with Crippen LogP contribution in [-0.4, -0.2) is 63.8 Å². The number of likely N-dealkylation sites (tertiary alicyclic amines) is 1. The van der Waals surface area contributed by atoms with E-state index in [1.807, 2.05) is 25.1 Å². The number of piperidine rings is 1. The van der Waals surface area contributed by atoms with Crippen LogP contribution in [0.3, 0.4) is 0 Å². The molecular weight excluding hydrogens is 392 g/mol. The fourth-order valence-corrected chi connectivity index (χ4v) is 5.48. The Morgan fingerprint density at radius 3 is 2.62 bits per heavy atom. The molecule has 2 aromatic heterocycles. The maximum Gasteiger partial charge on any atom is 0.230 e. The van der Waals surface area contributed by atoms with Crippen LogP contribution in [0.5, 0.6) is 11.6 Å². The fourth-order valence-electron chi connectivity index (χ4n) is 4.33. The van der Waals surface area contributed by atoms with Gasteiger partial charge in [-0.05, 0) is 13.0 Å². The zero-order valence-corrected chi connectivity index (χ0v) is 17.3. The monoisotopic (exact) mass is 416 g/mol. The van der Waals surface area contributed by atoms with Gasteiger partial charge in [0.15, 0.2) is 5.79 Å². The Morgan fingerprint density at radius 2 is 1.93 bits per heavy atom. The van der Waals surface area contributed by atoms with Crippen molar-refractivity contribution in [3.05, 3.63) is 40.5 Å². The van der Waals surface area contributed by atoms with Gasteiger partial charge in [-0.15, -0.1) is 5.10 Å². The van der Waals surface area contributed by atoms with Crippen LogP contribution in [0, 0.1) is 6.92 Å². The van der Waals surface area contributed by atoms with E-state index < -0.39 is 5.79 Å². The standard InChI is InChI=1S/C20H24N4O4S/c1-13-21-19-24(22-13)18(25)17(29-19)16(14-5-3-4-6-15(14)26-2)23-9-7-20(8-10-23)27-11-12-28-20/h3-6,16,25H,7-12H2,1-2H3/t16-/m0/s1. The van der Waals surface area contributed by atoms with Gasteiger partial charge < -0.3 is 19.3 Å². The number of rotatable bonds is 4. The van der Waals surface area contributed by atoms with Gasteiger partial charge >= 0.3 is 0 Å². The van der Waals surface area contributed by atoms with Crippen LogP contribution in [0.15, 0.2) is 24.3 Å². The topological polar surface area (TPSA) is 81.4 Å². The van der Waals surface area contributed by atoms with E-state index in [0.29, 0.717) is 24.0 Å². The number of fused-ring (bicyclic) bond motifs is 1. The van der Waals surface area contributed by atoms with Crippen molar-refractivity contribution >= 4 is 16.3 Å². The quantitative estimate of drug-likeness (QED) is 0.700. The molecule has 3 aromatic rings. The second kappa shape index (κ2) is 7.24. The highest BCUT2D eigenvalue weighted by Gasteiger charge is 2.43. The normalized spacial score (nSPS) is 20.5. The van der Waals surface area contributed by atoms with Crippen molar-refractivity contribution in [2.45, 2.75) is 31.6 Å². The molecule has 1 spiro atoms. The average Bonchev–Trinajstić information content (AvgIpc) is 3.42. The van der Waals surface area contributed by atoms with Crippen LogP contribution in [0.25, 0.3) is 4.96 Å². The minimum absolute atomic E-state index is 0.134. The molecule has 8 nitrogen and oxygen atoms in total. The maximum atomic E-state index is 11.0. The molecule has 2 saturated heterocycles. The number of hydrogen-bond donors (Lipinski definition) is 1. The van der Waals surface area contributed by atoms with Gasteiger partial charge in [0.1, 0.15) is 11.6 Å². The van der Waals surface area contributed by atoms with Gasteiger partial charge in [0, 0.05) is 31.5 Å². The molecule has 1 atom stereocenters. The molecule has 2 fully saturated rings. The first kappa shape index (κ1) is 18.8. The highest BCUT2D eigenvalue weighted by atomic mass is 32.1. The van der Waals surface area contributed by atoms with Crippen LogP contribution >= 0.6 is 11.3 Å². The van der Waals surface area contributed by atoms with Crippen molar-refractivity contribution in [2.75, 3.05) is 33.4 Å². The second-order valence-electron chi connectivity index (χ2n) is 7.43. The Morgan fingerprint density at radius 1 is 1.21 bits per heavy atom. The minimum atomic E-state index is -0.452.